The summed E-state index contributed by atoms with van der Waals surface area (Å²) in [5.41, 5.74) is 7.17. The van der Waals surface area contributed by atoms with Gasteiger partial charge in [-0.25, -0.2) is 0 Å². The van der Waals surface area contributed by atoms with Crippen molar-refractivity contribution in [3.05, 3.63) is 41.8 Å². The van der Waals surface area contributed by atoms with Crippen LogP contribution in [-0.2, 0) is 6.42 Å². The number of nitrogens with two attached hydrogens (primary N) is 1. The maximum Gasteiger partial charge on any atom is 0.318 e. The summed E-state index contributed by atoms with van der Waals surface area (Å²) in [7, 11) is 0. The van der Waals surface area contributed by atoms with Crippen molar-refractivity contribution < 1.29 is 4.42 Å². The third-order valence-electron chi connectivity index (χ3n) is 4.07. The smallest absolute Gasteiger partial charge is 0.318 e. The minimum Gasteiger partial charge on any atom is -0.406 e. The minimum atomic E-state index is -0.207. The summed E-state index contributed by atoms with van der Waals surface area (Å²) >= 11 is 0. The Morgan fingerprint density at radius 1 is 1.24 bits per heavy atom. The number of benzene rings is 1. The second kappa shape index (κ2) is 6.26. The van der Waals surface area contributed by atoms with Crippen LogP contribution in [0.25, 0.3) is 0 Å². The van der Waals surface area contributed by atoms with E-state index in [9.17, 15) is 0 Å². The normalized spacial score (nSPS) is 17.9. The van der Waals surface area contributed by atoms with Crippen molar-refractivity contribution in [1.29, 1.82) is 0 Å². The van der Waals surface area contributed by atoms with Crippen LogP contribution in [0.5, 0.6) is 0 Å². The molecule has 2 aromatic rings. The van der Waals surface area contributed by atoms with Crippen LogP contribution >= 0.6 is 0 Å². The van der Waals surface area contributed by atoms with Gasteiger partial charge in [0.15, 0.2) is 0 Å². The second-order valence-corrected chi connectivity index (χ2v) is 5.83. The van der Waals surface area contributed by atoms with Crippen molar-refractivity contribution in [1.82, 2.24) is 10.2 Å². The van der Waals surface area contributed by atoms with Gasteiger partial charge in [-0.05, 0) is 37.7 Å². The van der Waals surface area contributed by atoms with E-state index in [2.05, 4.69) is 45.4 Å². The van der Waals surface area contributed by atoms with Gasteiger partial charge in [-0.3, -0.25) is 0 Å². The molecule has 0 amide bonds. The highest BCUT2D eigenvalue weighted by molar-refractivity contribution is 5.25. The molecule has 0 spiro atoms. The van der Waals surface area contributed by atoms with E-state index in [-0.39, 0.29) is 6.04 Å². The predicted molar refractivity (Wildman–Crippen MR) is 82.0 cm³/mol. The molecule has 0 saturated carbocycles. The van der Waals surface area contributed by atoms with Crippen molar-refractivity contribution >= 4 is 6.01 Å². The third-order valence-corrected chi connectivity index (χ3v) is 4.07. The maximum atomic E-state index is 5.75. The molecule has 1 atom stereocenters. The first-order chi connectivity index (χ1) is 10.2. The quantitative estimate of drug-likeness (QED) is 0.935. The number of hydrogen-bond acceptors (Lipinski definition) is 5. The van der Waals surface area contributed by atoms with Gasteiger partial charge in [-0.1, -0.05) is 35.4 Å². The average Bonchev–Trinajstić information content (AvgIpc) is 2.99. The van der Waals surface area contributed by atoms with Crippen molar-refractivity contribution in [2.45, 2.75) is 32.2 Å². The Bertz CT molecular complexity index is 559. The Kier molecular flexibility index (Phi) is 4.20. The topological polar surface area (TPSA) is 68.2 Å². The zero-order chi connectivity index (χ0) is 14.7. The summed E-state index contributed by atoms with van der Waals surface area (Å²) in [6.45, 7) is 3.79. The summed E-state index contributed by atoms with van der Waals surface area (Å²) in [5.74, 6) is 1.25. The Balaban J connectivity index is 1.55. The fourth-order valence-corrected chi connectivity index (χ4v) is 2.81. The Hall–Kier alpha value is -1.88. The van der Waals surface area contributed by atoms with Crippen LogP contribution in [-0.4, -0.2) is 23.3 Å². The van der Waals surface area contributed by atoms with E-state index in [4.69, 9.17) is 10.2 Å². The zero-order valence-corrected chi connectivity index (χ0v) is 12.4. The van der Waals surface area contributed by atoms with Gasteiger partial charge in [0.25, 0.3) is 0 Å². The summed E-state index contributed by atoms with van der Waals surface area (Å²) < 4.78 is 5.62. The summed E-state index contributed by atoms with van der Waals surface area (Å²) in [5, 5.41) is 8.09. The monoisotopic (exact) mass is 286 g/mol. The van der Waals surface area contributed by atoms with Crippen LogP contribution in [0.3, 0.4) is 0 Å². The highest BCUT2D eigenvalue weighted by atomic mass is 16.4. The molecule has 0 aliphatic carbocycles. The predicted octanol–water partition coefficient (Wildman–Crippen LogP) is 2.55. The first-order valence-electron chi connectivity index (χ1n) is 7.60. The molecule has 1 aliphatic rings. The molecule has 1 saturated heterocycles. The second-order valence-electron chi connectivity index (χ2n) is 5.83. The molecule has 21 heavy (non-hydrogen) atoms. The number of aromatic nitrogens is 2. The molecule has 1 unspecified atom stereocenters. The molecule has 1 aromatic carbocycles. The molecule has 1 fully saturated rings. The largest absolute Gasteiger partial charge is 0.406 e. The average molecular weight is 286 g/mol. The minimum absolute atomic E-state index is 0.207. The van der Waals surface area contributed by atoms with Crippen LogP contribution in [0.1, 0.15) is 37.3 Å². The first kappa shape index (κ1) is 14.1. The molecular formula is C16H22N4O. The van der Waals surface area contributed by atoms with Crippen molar-refractivity contribution in [2.24, 2.45) is 11.7 Å². The lowest BCUT2D eigenvalue weighted by Gasteiger charge is -2.30. The van der Waals surface area contributed by atoms with E-state index in [1.807, 2.05) is 6.92 Å². The Morgan fingerprint density at radius 2 is 1.95 bits per heavy atom. The van der Waals surface area contributed by atoms with Crippen LogP contribution in [0.4, 0.5) is 6.01 Å². The molecule has 5 heteroatoms. The number of rotatable bonds is 4. The number of anilines is 1. The van der Waals surface area contributed by atoms with Gasteiger partial charge in [0, 0.05) is 13.1 Å². The molecule has 1 aromatic heterocycles. The Morgan fingerprint density at radius 3 is 2.57 bits per heavy atom. The van der Waals surface area contributed by atoms with Gasteiger partial charge >= 0.3 is 6.01 Å². The molecule has 112 valence electrons. The molecule has 0 radical (unpaired) electrons. The molecule has 2 N–H and O–H groups in total. The first-order valence-corrected chi connectivity index (χ1v) is 7.60. The highest BCUT2D eigenvalue weighted by Crippen LogP contribution is 2.25. The van der Waals surface area contributed by atoms with Gasteiger partial charge in [0.1, 0.15) is 0 Å². The van der Waals surface area contributed by atoms with Crippen molar-refractivity contribution in [3.8, 4) is 0 Å². The standard InChI is InChI=1S/C16H22N4O/c1-12(17)15-18-19-16(21-15)20-9-7-14(8-10-20)11-13-5-3-2-4-6-13/h2-6,12,14H,7-11,17H2,1H3. The van der Waals surface area contributed by atoms with E-state index in [0.717, 1.165) is 38.3 Å². The molecular weight excluding hydrogens is 264 g/mol. The molecule has 3 rings (SSSR count). The van der Waals surface area contributed by atoms with Crippen LogP contribution in [0.15, 0.2) is 34.7 Å². The van der Waals surface area contributed by atoms with E-state index < -0.39 is 0 Å². The van der Waals surface area contributed by atoms with E-state index >= 15 is 0 Å². The molecule has 0 bridgehead atoms. The Labute approximate surface area is 125 Å². The molecule has 2 heterocycles. The lowest BCUT2D eigenvalue weighted by molar-refractivity contribution is 0.378. The molecule has 1 aliphatic heterocycles. The zero-order valence-electron chi connectivity index (χ0n) is 12.4. The number of hydrogen-bond donors (Lipinski definition) is 1. The fourth-order valence-electron chi connectivity index (χ4n) is 2.81. The lowest BCUT2D eigenvalue weighted by Crippen LogP contribution is -2.34. The van der Waals surface area contributed by atoms with Gasteiger partial charge < -0.3 is 15.1 Å². The third kappa shape index (κ3) is 3.42. The lowest BCUT2D eigenvalue weighted by atomic mass is 9.90. The fraction of sp³-hybridized carbons (Fsp3) is 0.500. The maximum absolute atomic E-state index is 5.75. The van der Waals surface area contributed by atoms with E-state index in [1.165, 1.54) is 5.56 Å². The summed E-state index contributed by atoms with van der Waals surface area (Å²) in [6.07, 6.45) is 3.47. The van der Waals surface area contributed by atoms with Crippen molar-refractivity contribution in [2.75, 3.05) is 18.0 Å². The summed E-state index contributed by atoms with van der Waals surface area (Å²) in [6, 6.07) is 11.1. The SMILES string of the molecule is CC(N)c1nnc(N2CCC(Cc3ccccc3)CC2)o1. The van der Waals surface area contributed by atoms with E-state index in [1.54, 1.807) is 0 Å². The van der Waals surface area contributed by atoms with Gasteiger partial charge in [-0.15, -0.1) is 5.10 Å². The van der Waals surface area contributed by atoms with Crippen molar-refractivity contribution in [3.63, 3.8) is 0 Å². The number of piperidine rings is 1. The van der Waals surface area contributed by atoms with Crippen LogP contribution in [0, 0.1) is 5.92 Å². The van der Waals surface area contributed by atoms with Crippen LogP contribution < -0.4 is 10.6 Å². The number of nitrogens with zero attached hydrogens (tertiary/aromatic N) is 3. The summed E-state index contributed by atoms with van der Waals surface area (Å²) in [4.78, 5) is 2.17. The van der Waals surface area contributed by atoms with Crippen LogP contribution in [0.2, 0.25) is 0 Å². The molecule has 5 nitrogen and oxygen atoms in total. The van der Waals surface area contributed by atoms with Gasteiger partial charge in [0.05, 0.1) is 6.04 Å². The highest BCUT2D eigenvalue weighted by Gasteiger charge is 2.23. The van der Waals surface area contributed by atoms with E-state index in [0.29, 0.717) is 11.9 Å². The van der Waals surface area contributed by atoms with Gasteiger partial charge in [0.2, 0.25) is 5.89 Å². The van der Waals surface area contributed by atoms with Gasteiger partial charge in [-0.2, -0.15) is 0 Å².